The maximum absolute atomic E-state index is 11.1. The van der Waals surface area contributed by atoms with Crippen LogP contribution in [0.25, 0.3) is 22.2 Å². The third-order valence-electron chi connectivity index (χ3n) is 2.79. The Bertz CT molecular complexity index is 745. The van der Waals surface area contributed by atoms with E-state index in [1.807, 2.05) is 12.1 Å². The highest BCUT2D eigenvalue weighted by molar-refractivity contribution is 6.36. The van der Waals surface area contributed by atoms with Gasteiger partial charge in [-0.15, -0.1) is 0 Å². The van der Waals surface area contributed by atoms with E-state index in [1.54, 1.807) is 12.3 Å². The molecule has 3 aromatic rings. The summed E-state index contributed by atoms with van der Waals surface area (Å²) >= 11 is 6.15. The number of hydrogen-bond acceptors (Lipinski definition) is 2. The average Bonchev–Trinajstić information content (AvgIpc) is 2.94. The summed E-state index contributed by atoms with van der Waals surface area (Å²) in [5.74, 6) is -1.03. The zero-order chi connectivity index (χ0) is 12.7. The number of halogens is 1. The lowest BCUT2D eigenvalue weighted by molar-refractivity contribution is 0.0698. The molecule has 0 aliphatic rings. The summed E-state index contributed by atoms with van der Waals surface area (Å²) in [5, 5.41) is 16.9. The molecule has 3 N–H and O–H groups in total. The third-order valence-corrected chi connectivity index (χ3v) is 3.11. The van der Waals surface area contributed by atoms with Crippen molar-refractivity contribution in [1.29, 1.82) is 0 Å². The third kappa shape index (κ3) is 1.48. The van der Waals surface area contributed by atoms with Crippen LogP contribution in [0.15, 0.2) is 30.6 Å². The van der Waals surface area contributed by atoms with Crippen molar-refractivity contribution in [1.82, 2.24) is 15.2 Å². The monoisotopic (exact) mass is 261 g/mol. The van der Waals surface area contributed by atoms with E-state index < -0.39 is 5.97 Å². The highest BCUT2D eigenvalue weighted by atomic mass is 35.5. The lowest BCUT2D eigenvalue weighted by Crippen LogP contribution is -1.96. The minimum atomic E-state index is -1.03. The van der Waals surface area contributed by atoms with Crippen LogP contribution in [0.2, 0.25) is 5.02 Å². The van der Waals surface area contributed by atoms with E-state index in [-0.39, 0.29) is 5.56 Å². The Balaban J connectivity index is 2.32. The second-order valence-electron chi connectivity index (χ2n) is 3.83. The number of H-pyrrole nitrogens is 2. The summed E-state index contributed by atoms with van der Waals surface area (Å²) in [5.41, 5.74) is 2.12. The molecule has 0 atom stereocenters. The van der Waals surface area contributed by atoms with Crippen molar-refractivity contribution in [3.63, 3.8) is 0 Å². The van der Waals surface area contributed by atoms with Crippen molar-refractivity contribution >= 4 is 28.5 Å². The molecule has 2 heterocycles. The summed E-state index contributed by atoms with van der Waals surface area (Å²) in [6, 6.07) is 5.47. The number of aromatic nitrogens is 3. The SMILES string of the molecule is O=C(O)c1cn[nH]c1-c1c[nH]c2cccc(Cl)c12. The van der Waals surface area contributed by atoms with Crippen molar-refractivity contribution in [2.24, 2.45) is 0 Å². The van der Waals surface area contributed by atoms with E-state index in [2.05, 4.69) is 15.2 Å². The summed E-state index contributed by atoms with van der Waals surface area (Å²) in [4.78, 5) is 14.2. The summed E-state index contributed by atoms with van der Waals surface area (Å²) < 4.78 is 0. The van der Waals surface area contributed by atoms with Gasteiger partial charge < -0.3 is 10.1 Å². The first-order valence-electron chi connectivity index (χ1n) is 5.21. The molecule has 90 valence electrons. The molecule has 0 radical (unpaired) electrons. The van der Waals surface area contributed by atoms with Crippen LogP contribution in [0.1, 0.15) is 10.4 Å². The van der Waals surface area contributed by atoms with Crippen molar-refractivity contribution in [3.8, 4) is 11.3 Å². The van der Waals surface area contributed by atoms with Gasteiger partial charge in [0, 0.05) is 22.7 Å². The molecule has 0 aliphatic heterocycles. The van der Waals surface area contributed by atoms with Crippen molar-refractivity contribution in [2.45, 2.75) is 0 Å². The second kappa shape index (κ2) is 3.89. The first kappa shape index (κ1) is 10.9. The molecule has 0 amide bonds. The largest absolute Gasteiger partial charge is 0.478 e. The molecule has 0 spiro atoms. The molecule has 0 unspecified atom stereocenters. The Morgan fingerprint density at radius 1 is 1.39 bits per heavy atom. The molecule has 3 rings (SSSR count). The molecule has 5 nitrogen and oxygen atoms in total. The van der Waals surface area contributed by atoms with E-state index in [4.69, 9.17) is 16.7 Å². The maximum Gasteiger partial charge on any atom is 0.339 e. The molecule has 2 aromatic heterocycles. The second-order valence-corrected chi connectivity index (χ2v) is 4.24. The molecule has 0 fully saturated rings. The number of carboxylic acid groups (broad SMARTS) is 1. The van der Waals surface area contributed by atoms with E-state index in [0.29, 0.717) is 16.3 Å². The van der Waals surface area contributed by atoms with Gasteiger partial charge >= 0.3 is 5.97 Å². The molecule has 18 heavy (non-hydrogen) atoms. The van der Waals surface area contributed by atoms with E-state index in [0.717, 1.165) is 10.9 Å². The predicted octanol–water partition coefficient (Wildman–Crippen LogP) is 2.91. The fraction of sp³-hybridized carbons (Fsp3) is 0. The van der Waals surface area contributed by atoms with Crippen LogP contribution >= 0.6 is 11.6 Å². The van der Waals surface area contributed by atoms with Gasteiger partial charge in [-0.3, -0.25) is 5.10 Å². The van der Waals surface area contributed by atoms with Gasteiger partial charge in [-0.1, -0.05) is 17.7 Å². The fourth-order valence-corrected chi connectivity index (χ4v) is 2.27. The van der Waals surface area contributed by atoms with Gasteiger partial charge in [0.25, 0.3) is 0 Å². The summed E-state index contributed by atoms with van der Waals surface area (Å²) in [6.45, 7) is 0. The highest BCUT2D eigenvalue weighted by Crippen LogP contribution is 2.34. The number of rotatable bonds is 2. The Morgan fingerprint density at radius 3 is 3.00 bits per heavy atom. The topological polar surface area (TPSA) is 81.8 Å². The molecule has 0 aliphatic carbocycles. The molecular formula is C12H8ClN3O2. The van der Waals surface area contributed by atoms with Crippen molar-refractivity contribution < 1.29 is 9.90 Å². The standard InChI is InChI=1S/C12H8ClN3O2/c13-8-2-1-3-9-10(8)6(4-14-9)11-7(12(17)18)5-15-16-11/h1-5,14H,(H,15,16)(H,17,18). The van der Waals surface area contributed by atoms with Gasteiger partial charge in [0.15, 0.2) is 0 Å². The predicted molar refractivity (Wildman–Crippen MR) is 67.8 cm³/mol. The van der Waals surface area contributed by atoms with E-state index in [9.17, 15) is 4.79 Å². The van der Waals surface area contributed by atoms with E-state index >= 15 is 0 Å². The minimum absolute atomic E-state index is 0.121. The Kier molecular flexibility index (Phi) is 2.34. The first-order valence-corrected chi connectivity index (χ1v) is 5.59. The lowest BCUT2D eigenvalue weighted by atomic mass is 10.1. The van der Waals surface area contributed by atoms with Crippen LogP contribution in [-0.4, -0.2) is 26.3 Å². The lowest BCUT2D eigenvalue weighted by Gasteiger charge is -1.99. The van der Waals surface area contributed by atoms with Crippen LogP contribution in [0.3, 0.4) is 0 Å². The number of hydrogen-bond donors (Lipinski definition) is 3. The van der Waals surface area contributed by atoms with Crippen LogP contribution < -0.4 is 0 Å². The molecule has 6 heteroatoms. The first-order chi connectivity index (χ1) is 8.68. The highest BCUT2D eigenvalue weighted by Gasteiger charge is 2.18. The van der Waals surface area contributed by atoms with Crippen LogP contribution in [-0.2, 0) is 0 Å². The van der Waals surface area contributed by atoms with Crippen LogP contribution in [0.4, 0.5) is 0 Å². The van der Waals surface area contributed by atoms with Crippen molar-refractivity contribution in [2.75, 3.05) is 0 Å². The number of benzene rings is 1. The number of fused-ring (bicyclic) bond motifs is 1. The average molecular weight is 262 g/mol. The maximum atomic E-state index is 11.1. The number of nitrogens with zero attached hydrogens (tertiary/aromatic N) is 1. The summed E-state index contributed by atoms with van der Waals surface area (Å²) in [7, 11) is 0. The molecule has 0 saturated heterocycles. The quantitative estimate of drug-likeness (QED) is 0.663. The molecular weight excluding hydrogens is 254 g/mol. The number of carboxylic acids is 1. The normalized spacial score (nSPS) is 10.9. The molecule has 0 bridgehead atoms. The Morgan fingerprint density at radius 2 is 2.22 bits per heavy atom. The van der Waals surface area contributed by atoms with Gasteiger partial charge in [-0.25, -0.2) is 4.79 Å². The Hall–Kier alpha value is -2.27. The zero-order valence-electron chi connectivity index (χ0n) is 9.07. The number of carbonyl (C=O) groups is 1. The number of aromatic carboxylic acids is 1. The van der Waals surface area contributed by atoms with Crippen LogP contribution in [0.5, 0.6) is 0 Å². The van der Waals surface area contributed by atoms with E-state index in [1.165, 1.54) is 6.20 Å². The molecule has 1 aromatic carbocycles. The van der Waals surface area contributed by atoms with Crippen LogP contribution in [0, 0.1) is 0 Å². The number of nitrogens with one attached hydrogen (secondary N) is 2. The van der Waals surface area contributed by atoms with Gasteiger partial charge in [0.1, 0.15) is 5.56 Å². The van der Waals surface area contributed by atoms with Gasteiger partial charge in [0.2, 0.25) is 0 Å². The van der Waals surface area contributed by atoms with Gasteiger partial charge in [-0.05, 0) is 12.1 Å². The number of aromatic amines is 2. The van der Waals surface area contributed by atoms with Gasteiger partial charge in [-0.2, -0.15) is 5.10 Å². The van der Waals surface area contributed by atoms with Crippen molar-refractivity contribution in [3.05, 3.63) is 41.2 Å². The fourth-order valence-electron chi connectivity index (χ4n) is 1.99. The Labute approximate surface area is 106 Å². The summed E-state index contributed by atoms with van der Waals surface area (Å²) in [6.07, 6.45) is 3.00. The molecule has 0 saturated carbocycles. The van der Waals surface area contributed by atoms with Gasteiger partial charge in [0.05, 0.1) is 16.9 Å². The zero-order valence-corrected chi connectivity index (χ0v) is 9.82. The smallest absolute Gasteiger partial charge is 0.339 e. The minimum Gasteiger partial charge on any atom is -0.478 e.